The summed E-state index contributed by atoms with van der Waals surface area (Å²) < 4.78 is 44.5. The van der Waals surface area contributed by atoms with Crippen molar-refractivity contribution in [2.24, 2.45) is 5.73 Å². The van der Waals surface area contributed by atoms with E-state index in [1.54, 1.807) is 12.1 Å². The van der Waals surface area contributed by atoms with E-state index in [9.17, 15) is 18.0 Å². The van der Waals surface area contributed by atoms with Crippen molar-refractivity contribution in [3.8, 4) is 5.75 Å². The van der Waals surface area contributed by atoms with Gasteiger partial charge in [0.15, 0.2) is 0 Å². The molecular weight excluding hydrogens is 483 g/mol. The topological polar surface area (TPSA) is 72.5 Å². The quantitative estimate of drug-likeness (QED) is 0.604. The zero-order valence-corrected chi connectivity index (χ0v) is 16.4. The summed E-state index contributed by atoms with van der Waals surface area (Å²) >= 11 is 6.69. The number of halogens is 5. The molecule has 140 valence electrons. The van der Waals surface area contributed by atoms with Crippen LogP contribution in [0.25, 0.3) is 0 Å². The number of hydrogen-bond donors (Lipinski definition) is 2. The Morgan fingerprint density at radius 3 is 2.12 bits per heavy atom. The highest BCUT2D eigenvalue weighted by Crippen LogP contribution is 2.36. The Labute approximate surface area is 164 Å². The minimum absolute atomic E-state index is 0.0727. The number of alkyl halides is 3. The van der Waals surface area contributed by atoms with Crippen molar-refractivity contribution in [3.05, 3.63) is 62.0 Å². The number of nitrogens with two attached hydrogens (primary N) is 1. The summed E-state index contributed by atoms with van der Waals surface area (Å²) in [5.74, 6) is -0.641. The number of carbonyl (C=O) groups is 1. The van der Waals surface area contributed by atoms with Crippen LogP contribution in [0.5, 0.6) is 5.75 Å². The Morgan fingerprint density at radius 2 is 1.65 bits per heavy atom. The van der Waals surface area contributed by atoms with E-state index in [-0.39, 0.29) is 13.0 Å². The average Bonchev–Trinajstić information content (AvgIpc) is 2.53. The van der Waals surface area contributed by atoms with Gasteiger partial charge in [0, 0.05) is 0 Å². The van der Waals surface area contributed by atoms with Gasteiger partial charge in [-0.05, 0) is 73.7 Å². The molecule has 1 unspecified atom stereocenters. The summed E-state index contributed by atoms with van der Waals surface area (Å²) in [4.78, 5) is 10.8. The molecule has 2 rings (SSSR count). The van der Waals surface area contributed by atoms with E-state index in [0.29, 0.717) is 25.8 Å². The number of ether oxygens (including phenoxy) is 1. The second-order valence-corrected chi connectivity index (χ2v) is 7.23. The van der Waals surface area contributed by atoms with Crippen LogP contribution in [-0.2, 0) is 24.0 Å². The standard InChI is InChI=1S/C17H14Br2F3NO3/c18-12-5-10(7-14(23)16(24)25)6-13(19)15(12)26-8-9-1-3-11(4-2-9)17(20,21)22/h1-6,14H,7-8,23H2,(H,24,25). The molecule has 9 heteroatoms. The largest absolute Gasteiger partial charge is 0.487 e. The third-order valence-corrected chi connectivity index (χ3v) is 4.67. The fourth-order valence-electron chi connectivity index (χ4n) is 2.15. The SMILES string of the molecule is NC(Cc1cc(Br)c(OCc2ccc(C(F)(F)F)cc2)c(Br)c1)C(=O)O. The van der Waals surface area contributed by atoms with E-state index in [0.717, 1.165) is 12.1 Å². The summed E-state index contributed by atoms with van der Waals surface area (Å²) in [5, 5.41) is 8.87. The monoisotopic (exact) mass is 495 g/mol. The first-order valence-corrected chi connectivity index (χ1v) is 8.91. The summed E-state index contributed by atoms with van der Waals surface area (Å²) in [6.07, 6.45) is -4.23. The van der Waals surface area contributed by atoms with Crippen molar-refractivity contribution >= 4 is 37.8 Å². The molecule has 0 amide bonds. The second-order valence-electron chi connectivity index (χ2n) is 5.52. The van der Waals surface area contributed by atoms with Crippen LogP contribution in [0.15, 0.2) is 45.3 Å². The van der Waals surface area contributed by atoms with Gasteiger partial charge < -0.3 is 15.6 Å². The molecule has 4 nitrogen and oxygen atoms in total. The van der Waals surface area contributed by atoms with Gasteiger partial charge in [-0.25, -0.2) is 0 Å². The smallest absolute Gasteiger partial charge is 0.416 e. The van der Waals surface area contributed by atoms with Gasteiger partial charge in [-0.3, -0.25) is 4.79 Å². The van der Waals surface area contributed by atoms with Crippen molar-refractivity contribution in [3.63, 3.8) is 0 Å². The lowest BCUT2D eigenvalue weighted by Gasteiger charge is -2.14. The van der Waals surface area contributed by atoms with Gasteiger partial charge >= 0.3 is 12.1 Å². The van der Waals surface area contributed by atoms with Gasteiger partial charge in [0.1, 0.15) is 18.4 Å². The van der Waals surface area contributed by atoms with Crippen LogP contribution in [0.3, 0.4) is 0 Å². The van der Waals surface area contributed by atoms with Crippen LogP contribution in [0.4, 0.5) is 13.2 Å². The van der Waals surface area contributed by atoms with Crippen molar-refractivity contribution < 1.29 is 27.8 Å². The molecule has 0 saturated carbocycles. The number of aliphatic carboxylic acids is 1. The second kappa shape index (κ2) is 8.41. The highest BCUT2D eigenvalue weighted by Gasteiger charge is 2.29. The highest BCUT2D eigenvalue weighted by molar-refractivity contribution is 9.11. The fraction of sp³-hybridized carbons (Fsp3) is 0.235. The van der Waals surface area contributed by atoms with E-state index in [1.165, 1.54) is 12.1 Å². The molecule has 0 aliphatic carbocycles. The maximum Gasteiger partial charge on any atom is 0.416 e. The molecule has 0 saturated heterocycles. The van der Waals surface area contributed by atoms with Gasteiger partial charge in [-0.1, -0.05) is 12.1 Å². The maximum absolute atomic E-state index is 12.6. The molecule has 0 aliphatic rings. The molecule has 2 aromatic rings. The predicted octanol–water partition coefficient (Wildman–Crippen LogP) is 4.76. The van der Waals surface area contributed by atoms with Crippen LogP contribution in [0.1, 0.15) is 16.7 Å². The first-order valence-electron chi connectivity index (χ1n) is 7.33. The Hall–Kier alpha value is -1.58. The molecule has 0 spiro atoms. The molecule has 1 atom stereocenters. The summed E-state index contributed by atoms with van der Waals surface area (Å²) in [5.41, 5.74) is 6.08. The molecule has 0 heterocycles. The zero-order valence-electron chi connectivity index (χ0n) is 13.2. The lowest BCUT2D eigenvalue weighted by Crippen LogP contribution is -2.32. The van der Waals surface area contributed by atoms with Crippen LogP contribution >= 0.6 is 31.9 Å². The van der Waals surface area contributed by atoms with Gasteiger partial charge in [0.2, 0.25) is 0 Å². The predicted molar refractivity (Wildman–Crippen MR) is 96.9 cm³/mol. The molecule has 3 N–H and O–H groups in total. The van der Waals surface area contributed by atoms with Crippen LogP contribution in [0.2, 0.25) is 0 Å². The van der Waals surface area contributed by atoms with E-state index >= 15 is 0 Å². The molecule has 0 bridgehead atoms. The van der Waals surface area contributed by atoms with E-state index in [4.69, 9.17) is 15.6 Å². The van der Waals surface area contributed by atoms with Crippen molar-refractivity contribution in [2.45, 2.75) is 25.2 Å². The first kappa shape index (κ1) is 20.7. The van der Waals surface area contributed by atoms with Crippen molar-refractivity contribution in [2.75, 3.05) is 0 Å². The lowest BCUT2D eigenvalue weighted by atomic mass is 10.1. The molecular formula is C17H14Br2F3NO3. The van der Waals surface area contributed by atoms with Gasteiger partial charge in [-0.2, -0.15) is 13.2 Å². The molecule has 26 heavy (non-hydrogen) atoms. The summed E-state index contributed by atoms with van der Waals surface area (Å²) in [7, 11) is 0. The molecule has 0 aliphatic heterocycles. The molecule has 0 fully saturated rings. The van der Waals surface area contributed by atoms with E-state index in [1.807, 2.05) is 0 Å². The van der Waals surface area contributed by atoms with E-state index < -0.39 is 23.8 Å². The Morgan fingerprint density at radius 1 is 1.12 bits per heavy atom. The summed E-state index contributed by atoms with van der Waals surface area (Å²) in [6.45, 7) is 0.0727. The lowest BCUT2D eigenvalue weighted by molar-refractivity contribution is -0.139. The Kier molecular flexibility index (Phi) is 6.70. The van der Waals surface area contributed by atoms with Gasteiger partial charge in [0.25, 0.3) is 0 Å². The normalized spacial score (nSPS) is 12.7. The molecule has 0 radical (unpaired) electrons. The molecule has 2 aromatic carbocycles. The van der Waals surface area contributed by atoms with Crippen LogP contribution in [0, 0.1) is 0 Å². The minimum Gasteiger partial charge on any atom is -0.487 e. The van der Waals surface area contributed by atoms with Crippen LogP contribution < -0.4 is 10.5 Å². The maximum atomic E-state index is 12.6. The number of benzene rings is 2. The summed E-state index contributed by atoms with van der Waals surface area (Å²) in [6, 6.07) is 7.06. The minimum atomic E-state index is -4.38. The highest BCUT2D eigenvalue weighted by atomic mass is 79.9. The van der Waals surface area contributed by atoms with Gasteiger partial charge in [-0.15, -0.1) is 0 Å². The van der Waals surface area contributed by atoms with Crippen molar-refractivity contribution in [1.82, 2.24) is 0 Å². The number of carboxylic acid groups (broad SMARTS) is 1. The third kappa shape index (κ3) is 5.46. The number of rotatable bonds is 6. The van der Waals surface area contributed by atoms with Gasteiger partial charge in [0.05, 0.1) is 14.5 Å². The Balaban J connectivity index is 2.09. The third-order valence-electron chi connectivity index (χ3n) is 3.50. The van der Waals surface area contributed by atoms with Crippen molar-refractivity contribution in [1.29, 1.82) is 0 Å². The van der Waals surface area contributed by atoms with Crippen LogP contribution in [-0.4, -0.2) is 17.1 Å². The van der Waals surface area contributed by atoms with E-state index in [2.05, 4.69) is 31.9 Å². The number of carboxylic acids is 1. The fourth-order valence-corrected chi connectivity index (χ4v) is 3.67. The zero-order chi connectivity index (χ0) is 19.5. The molecule has 0 aromatic heterocycles. The average molecular weight is 497 g/mol. The first-order chi connectivity index (χ1) is 12.1. The number of hydrogen-bond acceptors (Lipinski definition) is 3. The Bertz CT molecular complexity index is 772.